The van der Waals surface area contributed by atoms with Crippen molar-refractivity contribution in [3.63, 3.8) is 0 Å². The van der Waals surface area contributed by atoms with Crippen LogP contribution in [0.3, 0.4) is 0 Å². The van der Waals surface area contributed by atoms with Crippen LogP contribution in [0.5, 0.6) is 5.75 Å². The lowest BCUT2D eigenvalue weighted by Crippen LogP contribution is -2.60. The molecule has 1 aromatic heterocycles. The number of carboxylic acid groups (broad SMARTS) is 1. The SMILES string of the molecule is CC[C@H](C)[C@@H]1CC(=O)CNC(=O)[C@H]2CC(=O)[C@H]([C@@H](C)[C@@H](O)CO)NC(=O)[C@@H]3C[C@@H](O)CN3C(=O)[C@H](CC(N)=O)NC(=O)[C@@H](CS(=O)c3[nH]c4c(CSCCOCCOCCOCCOCCOCCN/C=C(\N)CNC(=O)C(C)CC(=O)O)c(O)ccc4c3C2)NC(=O)CNC1=O. The molecular weight excluding hydrogens is 1310 g/mol. The fourth-order valence-electron chi connectivity index (χ4n) is 10.9. The molecule has 97 heavy (non-hydrogen) atoms. The molecule has 4 heterocycles. The highest BCUT2D eigenvalue weighted by Crippen LogP contribution is 2.37. The number of hydrogen-bond donors (Lipinski definition) is 15. The minimum Gasteiger partial charge on any atom is -0.508 e. The molecule has 35 heteroatoms. The number of fused-ring (bicyclic) bond motifs is 5. The summed E-state index contributed by atoms with van der Waals surface area (Å²) in [7, 11) is -2.45. The number of carboxylic acids is 1. The fourth-order valence-corrected chi connectivity index (χ4v) is 13.2. The molecule has 1 fully saturated rings. The lowest BCUT2D eigenvalue weighted by molar-refractivity contribution is -0.144. The number of phenolic OH excluding ortho intramolecular Hbond substituents is 1. The minimum atomic E-state index is -2.45. The van der Waals surface area contributed by atoms with Crippen molar-refractivity contribution in [3.8, 4) is 5.75 Å². The number of ketones is 2. The van der Waals surface area contributed by atoms with E-state index < -0.39 is 206 Å². The van der Waals surface area contributed by atoms with Gasteiger partial charge in [-0.3, -0.25) is 56.9 Å². The van der Waals surface area contributed by atoms with Gasteiger partial charge in [-0.1, -0.05) is 34.1 Å². The van der Waals surface area contributed by atoms with E-state index in [0.29, 0.717) is 69.6 Å². The number of aromatic hydroxyl groups is 1. The molecule has 3 aliphatic rings. The molecule has 17 N–H and O–H groups in total. The molecule has 2 bridgehead atoms. The monoisotopic (exact) mass is 1410 g/mol. The number of amides is 8. The van der Waals surface area contributed by atoms with Gasteiger partial charge in [0.1, 0.15) is 28.9 Å². The van der Waals surface area contributed by atoms with E-state index >= 15 is 4.21 Å². The number of phenols is 1. The Hall–Kier alpha value is -7.35. The second-order valence-electron chi connectivity index (χ2n) is 24.0. The van der Waals surface area contributed by atoms with Gasteiger partial charge >= 0.3 is 5.97 Å². The normalized spacial score (nSPS) is 23.4. The molecule has 5 rings (SSSR count). The molecule has 12 atom stereocenters. The molecule has 0 spiro atoms. The lowest BCUT2D eigenvalue weighted by Gasteiger charge is -2.32. The molecular formula is C62H95N11O22S2. The Balaban J connectivity index is 1.30. The lowest BCUT2D eigenvalue weighted by atomic mass is 9.85. The molecule has 2 aromatic rings. The van der Waals surface area contributed by atoms with Crippen molar-refractivity contribution in [2.45, 2.75) is 120 Å². The molecule has 2 unspecified atom stereocenters. The Morgan fingerprint density at radius 2 is 1.46 bits per heavy atom. The number of thioether (sulfide) groups is 1. The van der Waals surface area contributed by atoms with E-state index in [9.17, 15) is 73.2 Å². The van der Waals surface area contributed by atoms with E-state index in [-0.39, 0.29) is 72.4 Å². The van der Waals surface area contributed by atoms with Crippen LogP contribution in [0, 0.1) is 29.6 Å². The number of hydrogen-bond acceptors (Lipinski definition) is 24. The van der Waals surface area contributed by atoms with Crippen LogP contribution in [0.4, 0.5) is 0 Å². The van der Waals surface area contributed by atoms with Crippen molar-refractivity contribution in [2.24, 2.45) is 41.1 Å². The van der Waals surface area contributed by atoms with Crippen LogP contribution in [-0.4, -0.2) is 258 Å². The number of nitrogens with two attached hydrogens (primary N) is 2. The van der Waals surface area contributed by atoms with E-state index in [4.69, 9.17) is 40.3 Å². The first-order chi connectivity index (χ1) is 46.2. The van der Waals surface area contributed by atoms with Gasteiger partial charge in [0.05, 0.1) is 145 Å². The molecule has 1 aromatic carbocycles. The molecule has 542 valence electrons. The summed E-state index contributed by atoms with van der Waals surface area (Å²) in [5.41, 5.74) is 12.4. The van der Waals surface area contributed by atoms with E-state index in [1.165, 1.54) is 43.9 Å². The summed E-state index contributed by atoms with van der Waals surface area (Å²) in [6, 6.07) is -4.18. The van der Waals surface area contributed by atoms with Crippen LogP contribution in [0.25, 0.3) is 10.9 Å². The molecule has 33 nitrogen and oxygen atoms in total. The average Bonchev–Trinajstić information content (AvgIpc) is 1.62. The number of aliphatic carboxylic acids is 1. The van der Waals surface area contributed by atoms with Crippen molar-refractivity contribution in [3.05, 3.63) is 35.2 Å². The third kappa shape index (κ3) is 25.8. The largest absolute Gasteiger partial charge is 0.508 e. The summed E-state index contributed by atoms with van der Waals surface area (Å²) in [5.74, 6) is -15.4. The zero-order valence-corrected chi connectivity index (χ0v) is 56.7. The van der Waals surface area contributed by atoms with E-state index in [0.717, 1.165) is 4.90 Å². The van der Waals surface area contributed by atoms with Gasteiger partial charge in [0.2, 0.25) is 47.3 Å². The number of aliphatic hydroxyl groups excluding tert-OH is 3. The molecule has 0 radical (unpaired) electrons. The summed E-state index contributed by atoms with van der Waals surface area (Å²) in [6.45, 7) is 7.08. The first-order valence-corrected chi connectivity index (χ1v) is 34.6. The quantitative estimate of drug-likeness (QED) is 0.0305. The number of carbonyl (C=O) groups is 11. The molecule has 8 amide bonds. The number of rotatable bonds is 33. The van der Waals surface area contributed by atoms with Crippen molar-refractivity contribution in [1.82, 2.24) is 47.1 Å². The minimum absolute atomic E-state index is 0.0658. The molecule has 1 saturated heterocycles. The number of ether oxygens (including phenoxy) is 5. The third-order valence-electron chi connectivity index (χ3n) is 16.6. The fraction of sp³-hybridized carbons (Fsp3) is 0.661. The van der Waals surface area contributed by atoms with E-state index in [1.54, 1.807) is 13.8 Å². The average molecular weight is 1410 g/mol. The number of aromatic amines is 1. The van der Waals surface area contributed by atoms with E-state index in [2.05, 4.69) is 42.2 Å². The topological polar surface area (TPSA) is 507 Å². The predicted octanol–water partition coefficient (Wildman–Crippen LogP) is -3.81. The van der Waals surface area contributed by atoms with Crippen LogP contribution in [0.15, 0.2) is 29.1 Å². The molecule has 3 aliphatic heterocycles. The predicted molar refractivity (Wildman–Crippen MR) is 350 cm³/mol. The number of aromatic nitrogens is 1. The van der Waals surface area contributed by atoms with Crippen LogP contribution in [-0.2, 0) is 99.4 Å². The number of carbonyl (C=O) groups excluding carboxylic acids is 10. The van der Waals surface area contributed by atoms with Crippen LogP contribution in [0.2, 0.25) is 0 Å². The van der Waals surface area contributed by atoms with Crippen LogP contribution in [0.1, 0.15) is 77.3 Å². The number of primary amides is 1. The summed E-state index contributed by atoms with van der Waals surface area (Å²) in [6.07, 6.45) is -4.27. The zero-order chi connectivity index (χ0) is 71.3. The Labute approximate surface area is 567 Å². The number of nitrogens with one attached hydrogen (secondary N) is 8. The maximum absolute atomic E-state index is 15.2. The van der Waals surface area contributed by atoms with Gasteiger partial charge in [0.15, 0.2) is 11.6 Å². The highest BCUT2D eigenvalue weighted by molar-refractivity contribution is 7.98. The Morgan fingerprint density at radius 1 is 0.825 bits per heavy atom. The second kappa shape index (κ2) is 41.1. The Bertz CT molecular complexity index is 3100. The van der Waals surface area contributed by atoms with Crippen molar-refractivity contribution < 1.29 is 106 Å². The van der Waals surface area contributed by atoms with Crippen molar-refractivity contribution in [1.29, 1.82) is 0 Å². The second-order valence-corrected chi connectivity index (χ2v) is 26.6. The van der Waals surface area contributed by atoms with Gasteiger partial charge in [0.25, 0.3) is 0 Å². The summed E-state index contributed by atoms with van der Waals surface area (Å²) < 4.78 is 43.2. The number of benzene rings is 1. The van der Waals surface area contributed by atoms with Crippen LogP contribution >= 0.6 is 11.8 Å². The van der Waals surface area contributed by atoms with Crippen LogP contribution < -0.4 is 48.7 Å². The summed E-state index contributed by atoms with van der Waals surface area (Å²) in [5, 5.41) is 70.4. The molecule has 0 saturated carbocycles. The standard InChI is InChI=1S/C62H95N11O22S2/c1-5-34(2)42-23-39(75)28-67-57(85)37-21-43-41-6-7-48(77)44(32-96-19-18-95-17-16-94-15-14-93-13-12-92-11-10-91-9-8-65-26-38(63)27-66-56(84)35(3)20-53(82)83)55(41)72-61(43)97(90)33-46(69-52(81)29-68-58(42)86)59(87)70-45(25-51(64)80)62(89)73-30-40(76)24-47(73)60(88)71-54(49(78)22-37)36(4)50(79)31-74/h6-7,26,34-37,40,42,45-47,50,54,65,72,74,76-77,79H,5,8-25,27-33,63H2,1-4H3,(H2,64,80)(H,66,84)(H,67,85)(H,68,86)(H,69,81)(H,70,87)(H,71,88)(H,82,83)/b38-26-/t34-,35?,36-,37+,40+,42-,45-,46+,47-,50-,54-,97?/m0/s1. The van der Waals surface area contributed by atoms with Gasteiger partial charge < -0.3 is 108 Å². The van der Waals surface area contributed by atoms with Gasteiger partial charge in [-0.2, -0.15) is 11.8 Å². The zero-order valence-electron chi connectivity index (χ0n) is 55.1. The number of Topliss-reactive ketones (excluding diaryl/α,β-unsaturated/α-hetero) is 2. The molecule has 0 aliphatic carbocycles. The number of nitrogens with zero attached hydrogens (tertiary/aromatic N) is 1. The van der Waals surface area contributed by atoms with Crippen molar-refractivity contribution >= 4 is 98.3 Å². The van der Waals surface area contributed by atoms with Gasteiger partial charge in [-0.05, 0) is 30.0 Å². The highest BCUT2D eigenvalue weighted by Gasteiger charge is 2.45. The summed E-state index contributed by atoms with van der Waals surface area (Å²) in [4.78, 5) is 154. The number of H-pyrrole nitrogens is 1. The van der Waals surface area contributed by atoms with E-state index in [1.807, 2.05) is 0 Å². The summed E-state index contributed by atoms with van der Waals surface area (Å²) >= 11 is 1.35. The first-order valence-electron chi connectivity index (χ1n) is 32.2. The van der Waals surface area contributed by atoms with Gasteiger partial charge in [-0.25, -0.2) is 0 Å². The smallest absolute Gasteiger partial charge is 0.304 e. The Morgan fingerprint density at radius 3 is 2.09 bits per heavy atom. The number of aliphatic hydroxyl groups is 3. The van der Waals surface area contributed by atoms with Crippen molar-refractivity contribution in [2.75, 3.05) is 117 Å². The Kier molecular flexibility index (Phi) is 34.1. The highest BCUT2D eigenvalue weighted by atomic mass is 32.2. The maximum Gasteiger partial charge on any atom is 0.304 e. The maximum atomic E-state index is 15.2. The van der Waals surface area contributed by atoms with Gasteiger partial charge in [-0.15, -0.1) is 0 Å². The van der Waals surface area contributed by atoms with Gasteiger partial charge in [0, 0.05) is 90.4 Å². The third-order valence-corrected chi connectivity index (χ3v) is 19.0. The first kappa shape index (κ1) is 80.3.